The van der Waals surface area contributed by atoms with Crippen molar-refractivity contribution in [2.45, 2.75) is 19.4 Å². The Bertz CT molecular complexity index is 382. The molecule has 0 saturated heterocycles. The first-order valence-corrected chi connectivity index (χ1v) is 6.23. The van der Waals surface area contributed by atoms with E-state index in [2.05, 4.69) is 21.2 Å². The molecule has 0 aliphatic heterocycles. The molecule has 0 aliphatic carbocycles. The fourth-order valence-electron chi connectivity index (χ4n) is 1.19. The van der Waals surface area contributed by atoms with Crippen LogP contribution in [0.3, 0.4) is 0 Å². The van der Waals surface area contributed by atoms with Crippen molar-refractivity contribution < 1.29 is 9.18 Å². The molecule has 1 atom stereocenters. The molecule has 88 valence electrons. The molecule has 1 amide bonds. The number of hydrogen-bond acceptors (Lipinski definition) is 1. The van der Waals surface area contributed by atoms with Gasteiger partial charge in [-0.05, 0) is 34.5 Å². The van der Waals surface area contributed by atoms with E-state index in [-0.39, 0.29) is 16.1 Å². The number of benzene rings is 1. The van der Waals surface area contributed by atoms with Crippen LogP contribution in [0.2, 0.25) is 0 Å². The Balaban J connectivity index is 2.84. The number of halogens is 3. The van der Waals surface area contributed by atoms with Gasteiger partial charge >= 0.3 is 0 Å². The summed E-state index contributed by atoms with van der Waals surface area (Å²) in [6.07, 6.45) is 0.713. The van der Waals surface area contributed by atoms with Gasteiger partial charge in [-0.1, -0.05) is 13.0 Å². The number of carbonyl (C=O) groups excluding carboxylic acids is 1. The van der Waals surface area contributed by atoms with Crippen LogP contribution in [0.4, 0.5) is 4.39 Å². The fourth-order valence-corrected chi connectivity index (χ4v) is 1.85. The van der Waals surface area contributed by atoms with E-state index in [1.165, 1.54) is 6.07 Å². The average molecular weight is 309 g/mol. The molecule has 1 rings (SSSR count). The summed E-state index contributed by atoms with van der Waals surface area (Å²) in [5, 5.41) is 2.67. The summed E-state index contributed by atoms with van der Waals surface area (Å²) in [7, 11) is 0. The van der Waals surface area contributed by atoms with E-state index in [1.807, 2.05) is 6.92 Å². The number of amides is 1. The summed E-state index contributed by atoms with van der Waals surface area (Å²) in [5.41, 5.74) is 0.0259. The van der Waals surface area contributed by atoms with Gasteiger partial charge < -0.3 is 5.32 Å². The predicted octanol–water partition coefficient (Wildman–Crippen LogP) is 3.34. The maximum absolute atomic E-state index is 13.6. The summed E-state index contributed by atoms with van der Waals surface area (Å²) in [6.45, 7) is 1.91. The number of carbonyl (C=O) groups is 1. The third-order valence-corrected chi connectivity index (χ3v) is 3.20. The second-order valence-corrected chi connectivity index (χ2v) is 4.50. The van der Waals surface area contributed by atoms with E-state index >= 15 is 0 Å². The smallest absolute Gasteiger partial charge is 0.254 e. The van der Waals surface area contributed by atoms with Gasteiger partial charge in [0.2, 0.25) is 0 Å². The van der Waals surface area contributed by atoms with Crippen molar-refractivity contribution in [3.63, 3.8) is 0 Å². The molecule has 1 unspecified atom stereocenters. The summed E-state index contributed by atoms with van der Waals surface area (Å²) in [4.78, 5) is 11.7. The van der Waals surface area contributed by atoms with Crippen molar-refractivity contribution in [3.8, 4) is 0 Å². The van der Waals surface area contributed by atoms with Crippen molar-refractivity contribution in [2.75, 3.05) is 5.88 Å². The van der Waals surface area contributed by atoms with Crippen LogP contribution in [0, 0.1) is 5.82 Å². The minimum absolute atomic E-state index is 0.0259. The van der Waals surface area contributed by atoms with Crippen molar-refractivity contribution >= 4 is 33.4 Å². The van der Waals surface area contributed by atoms with Gasteiger partial charge in [-0.2, -0.15) is 0 Å². The highest BCUT2D eigenvalue weighted by Gasteiger charge is 2.16. The maximum atomic E-state index is 13.6. The lowest BCUT2D eigenvalue weighted by atomic mass is 10.1. The number of nitrogens with one attached hydrogen (secondary N) is 1. The number of alkyl halides is 1. The van der Waals surface area contributed by atoms with E-state index in [1.54, 1.807) is 12.1 Å². The quantitative estimate of drug-likeness (QED) is 0.849. The zero-order valence-electron chi connectivity index (χ0n) is 8.77. The average Bonchev–Trinajstić information content (AvgIpc) is 2.29. The Morgan fingerprint density at radius 1 is 1.62 bits per heavy atom. The van der Waals surface area contributed by atoms with Crippen molar-refractivity contribution in [3.05, 3.63) is 34.1 Å². The molecule has 2 nitrogen and oxygen atoms in total. The molecular weight excluding hydrogens is 296 g/mol. The van der Waals surface area contributed by atoms with Crippen molar-refractivity contribution in [1.29, 1.82) is 0 Å². The first-order valence-electron chi connectivity index (χ1n) is 4.91. The Morgan fingerprint density at radius 3 is 2.88 bits per heavy atom. The molecule has 1 N–H and O–H groups in total. The topological polar surface area (TPSA) is 29.1 Å². The van der Waals surface area contributed by atoms with Crippen molar-refractivity contribution in [2.24, 2.45) is 0 Å². The van der Waals surface area contributed by atoms with Gasteiger partial charge in [-0.3, -0.25) is 4.79 Å². The largest absolute Gasteiger partial charge is 0.348 e. The van der Waals surface area contributed by atoms with Crippen LogP contribution in [0.5, 0.6) is 0 Å². The van der Waals surface area contributed by atoms with E-state index in [9.17, 15) is 9.18 Å². The summed E-state index contributed by atoms with van der Waals surface area (Å²) < 4.78 is 13.8. The third kappa shape index (κ3) is 3.19. The zero-order valence-corrected chi connectivity index (χ0v) is 11.1. The van der Waals surface area contributed by atoms with Crippen LogP contribution < -0.4 is 5.32 Å². The molecule has 0 aliphatic rings. The Hall–Kier alpha value is -0.610. The van der Waals surface area contributed by atoms with Crippen LogP contribution in [0.15, 0.2) is 22.7 Å². The molecule has 0 spiro atoms. The molecule has 1 aromatic carbocycles. The van der Waals surface area contributed by atoms with E-state index < -0.39 is 11.7 Å². The van der Waals surface area contributed by atoms with Gasteiger partial charge in [-0.15, -0.1) is 11.6 Å². The Morgan fingerprint density at radius 2 is 2.31 bits per heavy atom. The SMILES string of the molecule is CCC(CCl)NC(=O)c1cccc(Br)c1F. The van der Waals surface area contributed by atoms with Crippen LogP contribution in [-0.4, -0.2) is 17.8 Å². The van der Waals surface area contributed by atoms with Gasteiger partial charge in [0.1, 0.15) is 5.82 Å². The fraction of sp³-hybridized carbons (Fsp3) is 0.364. The molecule has 0 saturated carbocycles. The first-order chi connectivity index (χ1) is 7.60. The van der Waals surface area contributed by atoms with Gasteiger partial charge in [0.05, 0.1) is 10.0 Å². The molecule has 5 heteroatoms. The summed E-state index contributed by atoms with van der Waals surface area (Å²) >= 11 is 8.69. The highest BCUT2D eigenvalue weighted by atomic mass is 79.9. The van der Waals surface area contributed by atoms with Crippen LogP contribution in [-0.2, 0) is 0 Å². The zero-order chi connectivity index (χ0) is 12.1. The second kappa shape index (κ2) is 6.21. The van der Waals surface area contributed by atoms with Gasteiger partial charge in [0, 0.05) is 11.9 Å². The van der Waals surface area contributed by atoms with E-state index in [0.717, 1.165) is 0 Å². The molecule has 0 fully saturated rings. The molecule has 1 aromatic rings. The lowest BCUT2D eigenvalue weighted by Gasteiger charge is -2.14. The molecule has 16 heavy (non-hydrogen) atoms. The summed E-state index contributed by atoms with van der Waals surface area (Å²) in [6, 6.07) is 4.47. The molecule has 0 heterocycles. The highest BCUT2D eigenvalue weighted by Crippen LogP contribution is 2.18. The minimum atomic E-state index is -0.551. The van der Waals surface area contributed by atoms with Gasteiger partial charge in [0.25, 0.3) is 5.91 Å². The lowest BCUT2D eigenvalue weighted by Crippen LogP contribution is -2.36. The number of hydrogen-bond donors (Lipinski definition) is 1. The van der Waals surface area contributed by atoms with Gasteiger partial charge in [0.15, 0.2) is 0 Å². The molecule has 0 aromatic heterocycles. The first kappa shape index (κ1) is 13.5. The van der Waals surface area contributed by atoms with Crippen LogP contribution >= 0.6 is 27.5 Å². The second-order valence-electron chi connectivity index (χ2n) is 3.33. The monoisotopic (exact) mass is 307 g/mol. The van der Waals surface area contributed by atoms with E-state index in [4.69, 9.17) is 11.6 Å². The predicted molar refractivity (Wildman–Crippen MR) is 66.4 cm³/mol. The molecule has 0 radical (unpaired) electrons. The Labute approximate surface area is 107 Å². The maximum Gasteiger partial charge on any atom is 0.254 e. The number of rotatable bonds is 4. The van der Waals surface area contributed by atoms with Crippen molar-refractivity contribution in [1.82, 2.24) is 5.32 Å². The minimum Gasteiger partial charge on any atom is -0.348 e. The highest BCUT2D eigenvalue weighted by molar-refractivity contribution is 9.10. The van der Waals surface area contributed by atoms with Gasteiger partial charge in [-0.25, -0.2) is 4.39 Å². The van der Waals surface area contributed by atoms with E-state index in [0.29, 0.717) is 12.3 Å². The molecule has 0 bridgehead atoms. The Kier molecular flexibility index (Phi) is 5.22. The summed E-state index contributed by atoms with van der Waals surface area (Å²) in [5.74, 6) is -0.673. The third-order valence-electron chi connectivity index (χ3n) is 2.21. The molecular formula is C11H12BrClFNO. The van der Waals surface area contributed by atoms with Crippen LogP contribution in [0.1, 0.15) is 23.7 Å². The standard InChI is InChI=1S/C11H12BrClFNO/c1-2-7(6-13)15-11(16)8-4-3-5-9(12)10(8)14/h3-5,7H,2,6H2,1H3,(H,15,16). The van der Waals surface area contributed by atoms with Crippen LogP contribution in [0.25, 0.3) is 0 Å². The lowest BCUT2D eigenvalue weighted by molar-refractivity contribution is 0.0935. The normalized spacial score (nSPS) is 12.2.